The summed E-state index contributed by atoms with van der Waals surface area (Å²) >= 11 is 0. The van der Waals surface area contributed by atoms with Crippen LogP contribution in [0, 0.1) is 0 Å². The zero-order valence-corrected chi connectivity index (χ0v) is 19.9. The Hall–Kier alpha value is -3.35. The largest absolute Gasteiger partial charge is 0.480 e. The SMILES string of the molecule is CCCC[C@H](CC(=O)NC(CCC)C(=O)O)NC(=O)OCC1c2ccccc2-c2ccccc21. The predicted octanol–water partition coefficient (Wildman–Crippen LogP) is 4.84. The Kier molecular flexibility index (Phi) is 9.08. The second-order valence-electron chi connectivity index (χ2n) is 8.76. The smallest absolute Gasteiger partial charge is 0.407 e. The van der Waals surface area contributed by atoms with Gasteiger partial charge in [-0.1, -0.05) is 81.6 Å². The molecule has 0 aromatic heterocycles. The number of hydrogen-bond donors (Lipinski definition) is 3. The zero-order valence-electron chi connectivity index (χ0n) is 19.9. The molecule has 182 valence electrons. The lowest BCUT2D eigenvalue weighted by molar-refractivity contribution is -0.142. The maximum Gasteiger partial charge on any atom is 0.407 e. The third kappa shape index (κ3) is 6.37. The fourth-order valence-electron chi connectivity index (χ4n) is 4.51. The third-order valence-electron chi connectivity index (χ3n) is 6.21. The van der Waals surface area contributed by atoms with E-state index in [-0.39, 0.29) is 24.9 Å². The lowest BCUT2D eigenvalue weighted by Gasteiger charge is -2.21. The van der Waals surface area contributed by atoms with Gasteiger partial charge in [-0.2, -0.15) is 0 Å². The molecule has 3 N–H and O–H groups in total. The molecular weight excluding hydrogens is 432 g/mol. The van der Waals surface area contributed by atoms with Crippen LogP contribution in [-0.2, 0) is 14.3 Å². The molecule has 0 spiro atoms. The van der Waals surface area contributed by atoms with E-state index < -0.39 is 24.1 Å². The number of rotatable bonds is 12. The maximum absolute atomic E-state index is 12.7. The van der Waals surface area contributed by atoms with Crippen LogP contribution in [0.1, 0.15) is 69.4 Å². The molecule has 2 atom stereocenters. The van der Waals surface area contributed by atoms with Crippen LogP contribution in [0.15, 0.2) is 48.5 Å². The first-order valence-electron chi connectivity index (χ1n) is 12.1. The molecular formula is C27H34N2O5. The molecule has 0 aliphatic heterocycles. The number of carboxylic acids is 1. The lowest BCUT2D eigenvalue weighted by atomic mass is 9.98. The second-order valence-corrected chi connectivity index (χ2v) is 8.76. The Labute approximate surface area is 200 Å². The standard InChI is InChI=1S/C27H34N2O5/c1-3-5-11-18(16-25(30)29-24(10-4-2)26(31)32)28-27(33)34-17-23-21-14-8-6-12-19(21)20-13-7-9-15-22(20)23/h6-9,12-15,18,23-24H,3-5,10-11,16-17H2,1-2H3,(H,28,33)(H,29,30)(H,31,32)/t18-,24?/m1/s1. The van der Waals surface area contributed by atoms with Gasteiger partial charge in [0.15, 0.2) is 0 Å². The Morgan fingerprint density at radius 3 is 2.09 bits per heavy atom. The number of aliphatic carboxylic acids is 1. The van der Waals surface area contributed by atoms with E-state index in [1.807, 2.05) is 38.1 Å². The van der Waals surface area contributed by atoms with Crippen molar-refractivity contribution >= 4 is 18.0 Å². The molecule has 34 heavy (non-hydrogen) atoms. The van der Waals surface area contributed by atoms with Crippen molar-refractivity contribution in [2.24, 2.45) is 0 Å². The Morgan fingerprint density at radius 2 is 1.53 bits per heavy atom. The topological polar surface area (TPSA) is 105 Å². The quantitative estimate of drug-likeness (QED) is 0.415. The number of amides is 2. The van der Waals surface area contributed by atoms with E-state index in [0.717, 1.165) is 35.1 Å². The van der Waals surface area contributed by atoms with E-state index in [1.54, 1.807) is 0 Å². The van der Waals surface area contributed by atoms with Crippen LogP contribution in [0.3, 0.4) is 0 Å². The number of fused-ring (bicyclic) bond motifs is 3. The van der Waals surface area contributed by atoms with Gasteiger partial charge in [-0.05, 0) is 35.1 Å². The molecule has 2 aromatic rings. The van der Waals surface area contributed by atoms with Crippen molar-refractivity contribution in [1.29, 1.82) is 0 Å². The first-order valence-corrected chi connectivity index (χ1v) is 12.1. The number of hydrogen-bond acceptors (Lipinski definition) is 4. The minimum Gasteiger partial charge on any atom is -0.480 e. The highest BCUT2D eigenvalue weighted by Crippen LogP contribution is 2.44. The summed E-state index contributed by atoms with van der Waals surface area (Å²) in [6.45, 7) is 4.10. The van der Waals surface area contributed by atoms with Crippen LogP contribution in [0.5, 0.6) is 0 Å². The molecule has 1 aliphatic carbocycles. The van der Waals surface area contributed by atoms with Crippen molar-refractivity contribution in [3.8, 4) is 11.1 Å². The molecule has 7 nitrogen and oxygen atoms in total. The highest BCUT2D eigenvalue weighted by Gasteiger charge is 2.29. The van der Waals surface area contributed by atoms with Gasteiger partial charge in [0, 0.05) is 18.4 Å². The van der Waals surface area contributed by atoms with Gasteiger partial charge >= 0.3 is 12.1 Å². The number of benzene rings is 2. The highest BCUT2D eigenvalue weighted by atomic mass is 16.5. The number of unbranched alkanes of at least 4 members (excludes halogenated alkanes) is 1. The second kappa shape index (κ2) is 12.2. The van der Waals surface area contributed by atoms with E-state index >= 15 is 0 Å². The van der Waals surface area contributed by atoms with E-state index in [4.69, 9.17) is 4.74 Å². The van der Waals surface area contributed by atoms with Crippen molar-refractivity contribution in [2.45, 2.75) is 70.4 Å². The predicted molar refractivity (Wildman–Crippen MR) is 131 cm³/mol. The van der Waals surface area contributed by atoms with Gasteiger partial charge < -0.3 is 20.5 Å². The molecule has 0 saturated carbocycles. The highest BCUT2D eigenvalue weighted by molar-refractivity contribution is 5.84. The fraction of sp³-hybridized carbons (Fsp3) is 0.444. The van der Waals surface area contributed by atoms with Crippen molar-refractivity contribution in [1.82, 2.24) is 10.6 Å². The summed E-state index contributed by atoms with van der Waals surface area (Å²) in [5.41, 5.74) is 4.58. The molecule has 1 aliphatic rings. The summed E-state index contributed by atoms with van der Waals surface area (Å²) in [5, 5.41) is 14.7. The van der Waals surface area contributed by atoms with Gasteiger partial charge in [0.25, 0.3) is 0 Å². The first kappa shape index (κ1) is 25.3. The number of nitrogens with one attached hydrogen (secondary N) is 2. The van der Waals surface area contributed by atoms with Crippen LogP contribution in [-0.4, -0.2) is 41.8 Å². The molecule has 0 heterocycles. The normalized spacial score (nSPS) is 13.9. The number of carbonyl (C=O) groups excluding carboxylic acids is 2. The third-order valence-corrected chi connectivity index (χ3v) is 6.21. The molecule has 2 amide bonds. The van der Waals surface area contributed by atoms with Crippen LogP contribution in [0.25, 0.3) is 11.1 Å². The molecule has 1 unspecified atom stereocenters. The van der Waals surface area contributed by atoms with Crippen LogP contribution >= 0.6 is 0 Å². The van der Waals surface area contributed by atoms with Gasteiger partial charge in [-0.15, -0.1) is 0 Å². The number of carbonyl (C=O) groups is 3. The van der Waals surface area contributed by atoms with Crippen molar-refractivity contribution in [2.75, 3.05) is 6.61 Å². The van der Waals surface area contributed by atoms with Gasteiger partial charge in [0.05, 0.1) is 0 Å². The Balaban J connectivity index is 1.60. The Bertz CT molecular complexity index is 961. The molecule has 3 rings (SSSR count). The molecule has 0 fully saturated rings. The summed E-state index contributed by atoms with van der Waals surface area (Å²) in [4.78, 5) is 36.5. The first-order chi connectivity index (χ1) is 16.4. The lowest BCUT2D eigenvalue weighted by Crippen LogP contribution is -2.44. The van der Waals surface area contributed by atoms with Crippen LogP contribution < -0.4 is 10.6 Å². The van der Waals surface area contributed by atoms with Crippen molar-refractivity contribution in [3.63, 3.8) is 0 Å². The molecule has 0 saturated heterocycles. The number of carboxylic acid groups (broad SMARTS) is 1. The zero-order chi connectivity index (χ0) is 24.5. The number of ether oxygens (including phenoxy) is 1. The summed E-state index contributed by atoms with van der Waals surface area (Å²) in [6.07, 6.45) is 2.81. The van der Waals surface area contributed by atoms with Gasteiger partial charge in [0.2, 0.25) is 5.91 Å². The average molecular weight is 467 g/mol. The van der Waals surface area contributed by atoms with Gasteiger partial charge in [-0.25, -0.2) is 9.59 Å². The monoisotopic (exact) mass is 466 g/mol. The van der Waals surface area contributed by atoms with Crippen LogP contribution in [0.4, 0.5) is 4.79 Å². The summed E-state index contributed by atoms with van der Waals surface area (Å²) in [6, 6.07) is 14.9. The Morgan fingerprint density at radius 1 is 0.912 bits per heavy atom. The van der Waals surface area contributed by atoms with Crippen molar-refractivity contribution in [3.05, 3.63) is 59.7 Å². The molecule has 2 aromatic carbocycles. The van der Waals surface area contributed by atoms with Crippen LogP contribution in [0.2, 0.25) is 0 Å². The summed E-state index contributed by atoms with van der Waals surface area (Å²) < 4.78 is 5.61. The summed E-state index contributed by atoms with van der Waals surface area (Å²) in [7, 11) is 0. The average Bonchev–Trinajstić information content (AvgIpc) is 3.14. The summed E-state index contributed by atoms with van der Waals surface area (Å²) in [5.74, 6) is -1.48. The molecule has 7 heteroatoms. The van der Waals surface area contributed by atoms with E-state index in [1.165, 1.54) is 0 Å². The van der Waals surface area contributed by atoms with Crippen molar-refractivity contribution < 1.29 is 24.2 Å². The number of alkyl carbamates (subject to hydrolysis) is 1. The van der Waals surface area contributed by atoms with Gasteiger partial charge in [0.1, 0.15) is 12.6 Å². The fourth-order valence-corrected chi connectivity index (χ4v) is 4.51. The maximum atomic E-state index is 12.7. The van der Waals surface area contributed by atoms with E-state index in [9.17, 15) is 19.5 Å². The minimum absolute atomic E-state index is 0.0116. The van der Waals surface area contributed by atoms with Gasteiger partial charge in [-0.3, -0.25) is 4.79 Å². The molecule has 0 bridgehead atoms. The molecule has 0 radical (unpaired) electrons. The van der Waals surface area contributed by atoms with E-state index in [0.29, 0.717) is 19.3 Å². The minimum atomic E-state index is -1.05. The van der Waals surface area contributed by atoms with E-state index in [2.05, 4.69) is 34.9 Å².